The van der Waals surface area contributed by atoms with E-state index >= 15 is 0 Å². The van der Waals surface area contributed by atoms with E-state index in [9.17, 15) is 4.79 Å². The van der Waals surface area contributed by atoms with Crippen LogP contribution in [0.25, 0.3) is 20.5 Å². The van der Waals surface area contributed by atoms with Crippen molar-refractivity contribution in [1.82, 2.24) is 9.80 Å². The number of carbonyl (C=O) groups excluding carboxylic acids is 1. The van der Waals surface area contributed by atoms with E-state index in [4.69, 9.17) is 15.2 Å². The van der Waals surface area contributed by atoms with Gasteiger partial charge in [-0.05, 0) is 129 Å². The van der Waals surface area contributed by atoms with Crippen molar-refractivity contribution in [2.24, 2.45) is 5.73 Å². The van der Waals surface area contributed by atoms with Gasteiger partial charge in [-0.15, -0.1) is 11.3 Å². The van der Waals surface area contributed by atoms with Crippen molar-refractivity contribution in [2.75, 3.05) is 52.5 Å². The summed E-state index contributed by atoms with van der Waals surface area (Å²) < 4.78 is 13.2. The van der Waals surface area contributed by atoms with Crippen LogP contribution in [0.4, 0.5) is 0 Å². The van der Waals surface area contributed by atoms with Crippen molar-refractivity contribution >= 4 is 27.3 Å². The Kier molecular flexibility index (Phi) is 9.38. The summed E-state index contributed by atoms with van der Waals surface area (Å²) in [6.45, 7) is 8.14. The van der Waals surface area contributed by atoms with E-state index in [0.29, 0.717) is 12.2 Å². The SMILES string of the molecule is NC(=O)c1ccc2c(Cc3ccc(OCCN4CCCCC4)cc3)c(-c3ccc(OCCN4CCCC4)cc3)sc2c1. The molecule has 220 valence electrons. The second kappa shape index (κ2) is 13.7. The van der Waals surface area contributed by atoms with Crippen molar-refractivity contribution in [3.63, 3.8) is 0 Å². The van der Waals surface area contributed by atoms with Gasteiger partial charge in [-0.25, -0.2) is 0 Å². The van der Waals surface area contributed by atoms with Gasteiger partial charge in [0.05, 0.1) is 0 Å². The third-order valence-electron chi connectivity index (χ3n) is 8.50. The van der Waals surface area contributed by atoms with Gasteiger partial charge in [0.2, 0.25) is 5.91 Å². The van der Waals surface area contributed by atoms with Gasteiger partial charge in [-0.3, -0.25) is 14.6 Å². The minimum absolute atomic E-state index is 0.403. The molecule has 2 N–H and O–H groups in total. The maximum absolute atomic E-state index is 11.9. The lowest BCUT2D eigenvalue weighted by Crippen LogP contribution is -2.33. The lowest BCUT2D eigenvalue weighted by molar-refractivity contribution is 0.100. The van der Waals surface area contributed by atoms with E-state index in [1.165, 1.54) is 74.3 Å². The molecule has 0 bridgehead atoms. The van der Waals surface area contributed by atoms with Crippen LogP contribution in [0, 0.1) is 0 Å². The summed E-state index contributed by atoms with van der Waals surface area (Å²) in [7, 11) is 0. The Morgan fingerprint density at radius 3 is 1.90 bits per heavy atom. The molecule has 0 saturated carbocycles. The number of primary amides is 1. The van der Waals surface area contributed by atoms with E-state index in [2.05, 4.69) is 58.3 Å². The third-order valence-corrected chi connectivity index (χ3v) is 9.74. The lowest BCUT2D eigenvalue weighted by Gasteiger charge is -2.26. The van der Waals surface area contributed by atoms with Gasteiger partial charge in [-0.1, -0.05) is 24.6 Å². The normalized spacial score (nSPS) is 16.2. The molecule has 2 aliphatic rings. The molecule has 0 radical (unpaired) electrons. The molecular weight excluding hydrogens is 542 g/mol. The van der Waals surface area contributed by atoms with Gasteiger partial charge >= 0.3 is 0 Å². The number of nitrogens with zero attached hydrogens (tertiary/aromatic N) is 2. The molecule has 3 aromatic carbocycles. The lowest BCUT2D eigenvalue weighted by atomic mass is 9.98. The molecule has 0 atom stereocenters. The van der Waals surface area contributed by atoms with Gasteiger partial charge in [0.1, 0.15) is 24.7 Å². The van der Waals surface area contributed by atoms with Crippen LogP contribution in [0.15, 0.2) is 66.7 Å². The first-order valence-corrected chi connectivity index (χ1v) is 16.2. The Morgan fingerprint density at radius 1 is 0.738 bits per heavy atom. The van der Waals surface area contributed by atoms with Gasteiger partial charge in [0.25, 0.3) is 0 Å². The Labute approximate surface area is 253 Å². The zero-order valence-electron chi connectivity index (χ0n) is 24.4. The van der Waals surface area contributed by atoms with E-state index < -0.39 is 5.91 Å². The molecule has 1 aromatic heterocycles. The number of benzene rings is 3. The van der Waals surface area contributed by atoms with Gasteiger partial charge in [0.15, 0.2) is 0 Å². The minimum atomic E-state index is -0.403. The average Bonchev–Trinajstić information content (AvgIpc) is 3.67. The molecular formula is C35H41N3O3S. The zero-order chi connectivity index (χ0) is 28.7. The second-order valence-electron chi connectivity index (χ2n) is 11.5. The van der Waals surface area contributed by atoms with E-state index in [1.54, 1.807) is 11.3 Å². The number of piperidine rings is 1. The number of amides is 1. The molecule has 2 saturated heterocycles. The molecule has 6 nitrogen and oxygen atoms in total. The number of rotatable bonds is 12. The Bertz CT molecular complexity index is 1470. The zero-order valence-corrected chi connectivity index (χ0v) is 25.2. The molecule has 3 heterocycles. The first kappa shape index (κ1) is 28.7. The predicted molar refractivity (Wildman–Crippen MR) is 172 cm³/mol. The fourth-order valence-electron chi connectivity index (χ4n) is 6.10. The molecule has 0 aliphatic carbocycles. The highest BCUT2D eigenvalue weighted by molar-refractivity contribution is 7.22. The first-order valence-electron chi connectivity index (χ1n) is 15.4. The number of nitrogens with two attached hydrogens (primary N) is 1. The monoisotopic (exact) mass is 583 g/mol. The molecule has 42 heavy (non-hydrogen) atoms. The molecule has 0 spiro atoms. The third kappa shape index (κ3) is 7.14. The minimum Gasteiger partial charge on any atom is -0.492 e. The highest BCUT2D eigenvalue weighted by atomic mass is 32.1. The topological polar surface area (TPSA) is 68.0 Å². The fraction of sp³-hybridized carbons (Fsp3) is 0.400. The number of fused-ring (bicyclic) bond motifs is 1. The van der Waals surface area contributed by atoms with E-state index in [-0.39, 0.29) is 0 Å². The summed E-state index contributed by atoms with van der Waals surface area (Å²) in [5.41, 5.74) is 9.77. The predicted octanol–water partition coefficient (Wildman–Crippen LogP) is 6.60. The Balaban J connectivity index is 1.17. The molecule has 2 fully saturated rings. The largest absolute Gasteiger partial charge is 0.492 e. The number of carbonyl (C=O) groups is 1. The number of ether oxygens (including phenoxy) is 2. The van der Waals surface area contributed by atoms with Crippen LogP contribution < -0.4 is 15.2 Å². The number of likely N-dealkylation sites (tertiary alicyclic amines) is 2. The Hall–Kier alpha value is -3.39. The second-order valence-corrected chi connectivity index (χ2v) is 12.5. The van der Waals surface area contributed by atoms with Crippen LogP contribution >= 0.6 is 11.3 Å². The maximum Gasteiger partial charge on any atom is 0.248 e. The van der Waals surface area contributed by atoms with E-state index in [1.807, 2.05) is 18.2 Å². The highest BCUT2D eigenvalue weighted by Gasteiger charge is 2.17. The number of thiophene rings is 1. The quantitative estimate of drug-likeness (QED) is 0.204. The Morgan fingerprint density at radius 2 is 1.31 bits per heavy atom. The van der Waals surface area contributed by atoms with E-state index in [0.717, 1.165) is 53.3 Å². The molecule has 6 rings (SSSR count). The summed E-state index contributed by atoms with van der Waals surface area (Å²) in [5, 5.41) is 1.16. The number of hydrogen-bond donors (Lipinski definition) is 1. The summed E-state index contributed by atoms with van der Waals surface area (Å²) >= 11 is 1.71. The number of hydrogen-bond acceptors (Lipinski definition) is 6. The highest BCUT2D eigenvalue weighted by Crippen LogP contribution is 2.41. The van der Waals surface area contributed by atoms with Crippen molar-refractivity contribution in [3.8, 4) is 21.9 Å². The average molecular weight is 584 g/mol. The van der Waals surface area contributed by atoms with Crippen LogP contribution in [-0.4, -0.2) is 68.2 Å². The maximum atomic E-state index is 11.9. The van der Waals surface area contributed by atoms with Crippen LogP contribution in [-0.2, 0) is 6.42 Å². The molecule has 7 heteroatoms. The summed E-state index contributed by atoms with van der Waals surface area (Å²) in [6.07, 6.45) is 7.33. The summed E-state index contributed by atoms with van der Waals surface area (Å²) in [6, 6.07) is 22.7. The van der Waals surface area contributed by atoms with Crippen molar-refractivity contribution < 1.29 is 14.3 Å². The molecule has 0 unspecified atom stereocenters. The van der Waals surface area contributed by atoms with Crippen LogP contribution in [0.5, 0.6) is 11.5 Å². The molecule has 2 aliphatic heterocycles. The van der Waals surface area contributed by atoms with Gasteiger partial charge < -0.3 is 15.2 Å². The van der Waals surface area contributed by atoms with Crippen molar-refractivity contribution in [1.29, 1.82) is 0 Å². The summed E-state index contributed by atoms with van der Waals surface area (Å²) in [4.78, 5) is 18.1. The summed E-state index contributed by atoms with van der Waals surface area (Å²) in [5.74, 6) is 1.41. The first-order chi connectivity index (χ1) is 20.6. The fourth-order valence-corrected chi connectivity index (χ4v) is 7.36. The molecule has 1 amide bonds. The van der Waals surface area contributed by atoms with Crippen LogP contribution in [0.1, 0.15) is 53.6 Å². The van der Waals surface area contributed by atoms with Crippen molar-refractivity contribution in [2.45, 2.75) is 38.5 Å². The van der Waals surface area contributed by atoms with Crippen molar-refractivity contribution in [3.05, 3.63) is 83.4 Å². The smallest absolute Gasteiger partial charge is 0.248 e. The van der Waals surface area contributed by atoms with Gasteiger partial charge in [-0.2, -0.15) is 0 Å². The molecule has 4 aromatic rings. The van der Waals surface area contributed by atoms with Gasteiger partial charge in [0, 0.05) is 28.2 Å². The van der Waals surface area contributed by atoms with Crippen LogP contribution in [0.3, 0.4) is 0 Å². The standard InChI is InChI=1S/C35H41N3O3S/c36-35(39)28-10-15-31-32(24-26-6-11-29(12-7-26)40-22-20-37-16-2-1-3-17-37)34(42-33(31)25-28)27-8-13-30(14-9-27)41-23-21-38-18-4-5-19-38/h6-15,25H,1-5,16-24H2,(H2,36,39). The van der Waals surface area contributed by atoms with Crippen LogP contribution in [0.2, 0.25) is 0 Å².